The number of furan rings is 1. The Labute approximate surface area is 130 Å². The summed E-state index contributed by atoms with van der Waals surface area (Å²) >= 11 is 2.94. The van der Waals surface area contributed by atoms with E-state index in [1.807, 2.05) is 0 Å². The molecule has 2 rings (SSSR count). The lowest BCUT2D eigenvalue weighted by atomic mass is 9.92. The number of rotatable bonds is 3. The second-order valence-corrected chi connectivity index (χ2v) is 9.02. The van der Waals surface area contributed by atoms with E-state index in [-0.39, 0.29) is 26.8 Å². The van der Waals surface area contributed by atoms with Crippen molar-refractivity contribution in [1.82, 2.24) is 5.32 Å². The summed E-state index contributed by atoms with van der Waals surface area (Å²) in [5, 5.41) is 2.85. The van der Waals surface area contributed by atoms with E-state index >= 15 is 0 Å². The molecule has 1 aromatic rings. The highest BCUT2D eigenvalue weighted by molar-refractivity contribution is 9.10. The summed E-state index contributed by atoms with van der Waals surface area (Å²) in [6, 6.07) is 1.21. The van der Waals surface area contributed by atoms with Gasteiger partial charge < -0.3 is 9.73 Å². The maximum absolute atomic E-state index is 12.0. The summed E-state index contributed by atoms with van der Waals surface area (Å²) in [4.78, 5) is 11.8. The van der Waals surface area contributed by atoms with Crippen molar-refractivity contribution >= 4 is 41.6 Å². The van der Waals surface area contributed by atoms with Gasteiger partial charge in [-0.1, -0.05) is 13.8 Å². The lowest BCUT2D eigenvalue weighted by Gasteiger charge is -2.17. The molecule has 0 bridgehead atoms. The number of nitrogens with one attached hydrogen (secondary N) is 1. The van der Waals surface area contributed by atoms with Gasteiger partial charge in [0, 0.05) is 22.8 Å². The van der Waals surface area contributed by atoms with Crippen molar-refractivity contribution in [3.63, 3.8) is 0 Å². The Balaban J connectivity index is 2.11. The first kappa shape index (κ1) is 15.9. The topological polar surface area (TPSA) is 76.4 Å². The van der Waals surface area contributed by atoms with Crippen LogP contribution in [0.15, 0.2) is 20.0 Å². The molecule has 1 N–H and O–H groups in total. The van der Waals surface area contributed by atoms with Crippen molar-refractivity contribution in [2.24, 2.45) is 5.41 Å². The van der Waals surface area contributed by atoms with Crippen molar-refractivity contribution in [2.75, 3.05) is 0 Å². The highest BCUT2D eigenvalue weighted by Gasteiger charge is 2.32. The van der Waals surface area contributed by atoms with Gasteiger partial charge in [0.25, 0.3) is 15.0 Å². The lowest BCUT2D eigenvalue weighted by molar-refractivity contribution is 0.0906. The fourth-order valence-electron chi connectivity index (χ4n) is 2.45. The average molecular weight is 385 g/mol. The maximum Gasteiger partial charge on any atom is 0.287 e. The zero-order chi connectivity index (χ0) is 15.1. The minimum absolute atomic E-state index is 0.0654. The van der Waals surface area contributed by atoms with E-state index in [1.54, 1.807) is 0 Å². The van der Waals surface area contributed by atoms with E-state index in [0.29, 0.717) is 0 Å². The van der Waals surface area contributed by atoms with Gasteiger partial charge >= 0.3 is 0 Å². The fraction of sp³-hybridized carbons (Fsp3) is 0.583. The zero-order valence-electron chi connectivity index (χ0n) is 11.1. The molecule has 8 heteroatoms. The van der Waals surface area contributed by atoms with Gasteiger partial charge in [-0.2, -0.15) is 0 Å². The molecule has 20 heavy (non-hydrogen) atoms. The Morgan fingerprint density at radius 2 is 2.20 bits per heavy atom. The SMILES string of the molecule is CC1(C)CCC(NC(=O)c2cc(S(=O)(=O)Cl)c(Br)o2)C1. The third kappa shape index (κ3) is 3.56. The summed E-state index contributed by atoms with van der Waals surface area (Å²) in [6.45, 7) is 4.31. The smallest absolute Gasteiger partial charge is 0.287 e. The van der Waals surface area contributed by atoms with Crippen LogP contribution in [0.3, 0.4) is 0 Å². The van der Waals surface area contributed by atoms with E-state index < -0.39 is 15.0 Å². The van der Waals surface area contributed by atoms with Crippen molar-refractivity contribution in [3.8, 4) is 0 Å². The monoisotopic (exact) mass is 383 g/mol. The largest absolute Gasteiger partial charge is 0.443 e. The van der Waals surface area contributed by atoms with E-state index in [9.17, 15) is 13.2 Å². The van der Waals surface area contributed by atoms with Gasteiger partial charge in [-0.05, 0) is 40.6 Å². The number of halogens is 2. The molecule has 1 heterocycles. The van der Waals surface area contributed by atoms with Crippen molar-refractivity contribution in [3.05, 3.63) is 16.5 Å². The molecular weight excluding hydrogens is 370 g/mol. The Morgan fingerprint density at radius 1 is 1.55 bits per heavy atom. The Bertz CT molecular complexity index is 638. The standard InChI is InChI=1S/C12H15BrClNO4S/c1-12(2)4-3-7(6-12)15-11(16)8-5-9(10(13)19-8)20(14,17)18/h5,7H,3-4,6H2,1-2H3,(H,15,16). The van der Waals surface area contributed by atoms with Crippen molar-refractivity contribution in [2.45, 2.75) is 44.0 Å². The lowest BCUT2D eigenvalue weighted by Crippen LogP contribution is -2.33. The van der Waals surface area contributed by atoms with Crippen LogP contribution in [-0.2, 0) is 9.05 Å². The van der Waals surface area contributed by atoms with E-state index in [1.165, 1.54) is 0 Å². The maximum atomic E-state index is 12.0. The quantitative estimate of drug-likeness (QED) is 0.811. The van der Waals surface area contributed by atoms with Crippen molar-refractivity contribution in [1.29, 1.82) is 0 Å². The van der Waals surface area contributed by atoms with Gasteiger partial charge in [-0.25, -0.2) is 8.42 Å². The summed E-state index contributed by atoms with van der Waals surface area (Å²) < 4.78 is 27.6. The third-order valence-corrected chi connectivity index (χ3v) is 5.62. The van der Waals surface area contributed by atoms with E-state index in [0.717, 1.165) is 25.3 Å². The van der Waals surface area contributed by atoms with Gasteiger partial charge in [0.2, 0.25) is 0 Å². The second kappa shape index (κ2) is 5.35. The Hall–Kier alpha value is -0.530. The van der Waals surface area contributed by atoms with Crippen LogP contribution in [0, 0.1) is 5.41 Å². The Morgan fingerprint density at radius 3 is 2.65 bits per heavy atom. The number of hydrogen-bond acceptors (Lipinski definition) is 4. The van der Waals surface area contributed by atoms with Crippen LogP contribution in [0.25, 0.3) is 0 Å². The predicted molar refractivity (Wildman–Crippen MR) is 78.3 cm³/mol. The van der Waals surface area contributed by atoms with Crippen LogP contribution in [0.2, 0.25) is 0 Å². The van der Waals surface area contributed by atoms with E-state index in [2.05, 4.69) is 35.1 Å². The van der Waals surface area contributed by atoms with Crippen LogP contribution in [-0.4, -0.2) is 20.4 Å². The molecule has 1 saturated carbocycles. The van der Waals surface area contributed by atoms with Crippen LogP contribution >= 0.6 is 26.6 Å². The van der Waals surface area contributed by atoms with Crippen LogP contribution in [0.4, 0.5) is 0 Å². The molecule has 1 amide bonds. The number of amides is 1. The summed E-state index contributed by atoms with van der Waals surface area (Å²) in [7, 11) is 1.30. The molecule has 112 valence electrons. The molecule has 0 radical (unpaired) electrons. The number of hydrogen-bond donors (Lipinski definition) is 1. The zero-order valence-corrected chi connectivity index (χ0v) is 14.2. The van der Waals surface area contributed by atoms with Crippen LogP contribution in [0.5, 0.6) is 0 Å². The molecule has 1 aliphatic rings. The normalized spacial score (nSPS) is 21.9. The first-order chi connectivity index (χ1) is 9.08. The molecule has 5 nitrogen and oxygen atoms in total. The first-order valence-corrected chi connectivity index (χ1v) is 9.24. The summed E-state index contributed by atoms with van der Waals surface area (Å²) in [5.41, 5.74) is 0.215. The molecular formula is C12H15BrClNO4S. The first-order valence-electron chi connectivity index (χ1n) is 6.13. The van der Waals surface area contributed by atoms with Gasteiger partial charge in [0.1, 0.15) is 4.90 Å². The summed E-state index contributed by atoms with van der Waals surface area (Å²) in [6.07, 6.45) is 2.84. The summed E-state index contributed by atoms with van der Waals surface area (Å²) in [5.74, 6) is -0.499. The van der Waals surface area contributed by atoms with Crippen LogP contribution in [0.1, 0.15) is 43.7 Å². The Kier molecular flexibility index (Phi) is 4.24. The minimum atomic E-state index is -3.94. The van der Waals surface area contributed by atoms with E-state index in [4.69, 9.17) is 15.1 Å². The fourth-order valence-corrected chi connectivity index (χ4v) is 4.48. The van der Waals surface area contributed by atoms with Gasteiger partial charge in [0.15, 0.2) is 10.4 Å². The molecule has 0 spiro atoms. The van der Waals surface area contributed by atoms with Gasteiger partial charge in [0.05, 0.1) is 0 Å². The molecule has 1 unspecified atom stereocenters. The molecule has 1 fully saturated rings. The highest BCUT2D eigenvalue weighted by atomic mass is 79.9. The molecule has 1 atom stereocenters. The van der Waals surface area contributed by atoms with Crippen LogP contribution < -0.4 is 5.32 Å². The van der Waals surface area contributed by atoms with Gasteiger partial charge in [-0.15, -0.1) is 0 Å². The molecule has 0 saturated heterocycles. The molecule has 1 aliphatic carbocycles. The van der Waals surface area contributed by atoms with Gasteiger partial charge in [-0.3, -0.25) is 4.79 Å². The number of carbonyl (C=O) groups excluding carboxylic acids is 1. The predicted octanol–water partition coefficient (Wildman–Crippen LogP) is 3.28. The molecule has 0 aliphatic heterocycles. The number of carbonyl (C=O) groups is 1. The minimum Gasteiger partial charge on any atom is -0.443 e. The molecule has 1 aromatic heterocycles. The average Bonchev–Trinajstić information content (AvgIpc) is 2.81. The van der Waals surface area contributed by atoms with Crippen molar-refractivity contribution < 1.29 is 17.6 Å². The highest BCUT2D eigenvalue weighted by Crippen LogP contribution is 2.37. The molecule has 0 aromatic carbocycles. The second-order valence-electron chi connectivity index (χ2n) is 5.76. The third-order valence-electron chi connectivity index (χ3n) is 3.45.